The summed E-state index contributed by atoms with van der Waals surface area (Å²) in [6, 6.07) is 5.45. The number of hydrogen-bond donors (Lipinski definition) is 1. The van der Waals surface area contributed by atoms with E-state index in [2.05, 4.69) is 5.32 Å². The Kier molecular flexibility index (Phi) is 5.43. The lowest BCUT2D eigenvalue weighted by Crippen LogP contribution is -2.18. The molecule has 1 aromatic carbocycles. The largest absolute Gasteiger partial charge is 0.385 e. The molecule has 1 rings (SSSR count). The summed E-state index contributed by atoms with van der Waals surface area (Å²) in [4.78, 5) is 0. The number of nitrogens with one attached hydrogen (secondary N) is 1. The number of methoxy groups -OCH3 is 1. The van der Waals surface area contributed by atoms with Crippen LogP contribution in [0.1, 0.15) is 30.0 Å². The third kappa shape index (κ3) is 3.58. The minimum atomic E-state index is -0.128. The highest BCUT2D eigenvalue weighted by molar-refractivity contribution is 5.26. The van der Waals surface area contributed by atoms with Gasteiger partial charge >= 0.3 is 0 Å². The number of ether oxygens (including phenoxy) is 1. The maximum absolute atomic E-state index is 13.7. The Morgan fingerprint density at radius 2 is 2.19 bits per heavy atom. The molecule has 2 nitrogen and oxygen atoms in total. The van der Waals surface area contributed by atoms with Crippen molar-refractivity contribution >= 4 is 0 Å². The smallest absolute Gasteiger partial charge is 0.128 e. The number of rotatable bonds is 6. The maximum atomic E-state index is 13.7. The molecule has 1 aromatic rings. The Morgan fingerprint density at radius 3 is 2.75 bits per heavy atom. The van der Waals surface area contributed by atoms with Crippen LogP contribution in [0.2, 0.25) is 0 Å². The van der Waals surface area contributed by atoms with Crippen LogP contribution in [0, 0.1) is 12.7 Å². The number of aryl methyl sites for hydroxylation is 1. The molecule has 16 heavy (non-hydrogen) atoms. The van der Waals surface area contributed by atoms with Gasteiger partial charge in [-0.3, -0.25) is 0 Å². The lowest BCUT2D eigenvalue weighted by molar-refractivity contribution is 0.189. The van der Waals surface area contributed by atoms with Crippen molar-refractivity contribution in [3.8, 4) is 0 Å². The van der Waals surface area contributed by atoms with Crippen molar-refractivity contribution in [2.75, 3.05) is 20.8 Å². The fraction of sp³-hybridized carbons (Fsp3) is 0.538. The molecule has 90 valence electrons. The molecule has 1 N–H and O–H groups in total. The number of benzene rings is 1. The van der Waals surface area contributed by atoms with Gasteiger partial charge in [0.15, 0.2) is 0 Å². The van der Waals surface area contributed by atoms with Gasteiger partial charge in [0, 0.05) is 25.3 Å². The molecule has 0 aliphatic carbocycles. The molecule has 0 aromatic heterocycles. The van der Waals surface area contributed by atoms with Crippen LogP contribution in [0.4, 0.5) is 4.39 Å². The molecule has 1 atom stereocenters. The van der Waals surface area contributed by atoms with Crippen molar-refractivity contribution in [3.05, 3.63) is 35.1 Å². The predicted octanol–water partition coefficient (Wildman–Crippen LogP) is 2.82. The van der Waals surface area contributed by atoms with E-state index in [0.717, 1.165) is 24.0 Å². The lowest BCUT2D eigenvalue weighted by Gasteiger charge is -2.17. The first-order valence-electron chi connectivity index (χ1n) is 5.61. The number of hydrogen-bond acceptors (Lipinski definition) is 2. The zero-order valence-electron chi connectivity index (χ0n) is 10.2. The van der Waals surface area contributed by atoms with Crippen LogP contribution in [0.15, 0.2) is 18.2 Å². The molecule has 0 spiro atoms. The number of halogens is 1. The first-order chi connectivity index (χ1) is 7.69. The molecule has 1 unspecified atom stereocenters. The van der Waals surface area contributed by atoms with Gasteiger partial charge in [-0.1, -0.05) is 12.1 Å². The van der Waals surface area contributed by atoms with E-state index in [4.69, 9.17) is 4.74 Å². The second-order valence-corrected chi connectivity index (χ2v) is 4.00. The fourth-order valence-corrected chi connectivity index (χ4v) is 1.80. The summed E-state index contributed by atoms with van der Waals surface area (Å²) < 4.78 is 18.7. The Morgan fingerprint density at radius 1 is 1.44 bits per heavy atom. The molecule has 0 radical (unpaired) electrons. The summed E-state index contributed by atoms with van der Waals surface area (Å²) in [7, 11) is 3.54. The van der Waals surface area contributed by atoms with Crippen LogP contribution in [-0.4, -0.2) is 20.8 Å². The predicted molar refractivity (Wildman–Crippen MR) is 64.0 cm³/mol. The fourth-order valence-electron chi connectivity index (χ4n) is 1.80. The summed E-state index contributed by atoms with van der Waals surface area (Å²) in [6.07, 6.45) is 1.81. The molecular formula is C13H20FNO. The topological polar surface area (TPSA) is 21.3 Å². The van der Waals surface area contributed by atoms with Gasteiger partial charge in [0.1, 0.15) is 5.82 Å². The Hall–Kier alpha value is -0.930. The van der Waals surface area contributed by atoms with Crippen LogP contribution in [-0.2, 0) is 4.74 Å². The average molecular weight is 225 g/mol. The molecule has 0 aliphatic rings. The summed E-state index contributed by atoms with van der Waals surface area (Å²) >= 11 is 0. The Bertz CT molecular complexity index is 328. The highest BCUT2D eigenvalue weighted by Gasteiger charge is 2.13. The van der Waals surface area contributed by atoms with E-state index in [1.54, 1.807) is 13.2 Å². The molecule has 0 bridgehead atoms. The van der Waals surface area contributed by atoms with Crippen molar-refractivity contribution in [2.24, 2.45) is 0 Å². The molecule has 0 saturated heterocycles. The van der Waals surface area contributed by atoms with Crippen LogP contribution in [0.5, 0.6) is 0 Å². The average Bonchev–Trinajstić information content (AvgIpc) is 2.26. The first-order valence-corrected chi connectivity index (χ1v) is 5.61. The SMILES string of the molecule is CNC(CCCOC)c1ccc(C)cc1F. The molecule has 0 saturated carbocycles. The van der Waals surface area contributed by atoms with Gasteiger partial charge in [-0.2, -0.15) is 0 Å². The molecule has 0 fully saturated rings. The quantitative estimate of drug-likeness (QED) is 0.752. The third-order valence-electron chi connectivity index (χ3n) is 2.72. The van der Waals surface area contributed by atoms with E-state index in [9.17, 15) is 4.39 Å². The first kappa shape index (κ1) is 13.1. The summed E-state index contributed by atoms with van der Waals surface area (Å²) in [5, 5.41) is 3.14. The zero-order valence-corrected chi connectivity index (χ0v) is 10.2. The second kappa shape index (κ2) is 6.61. The maximum Gasteiger partial charge on any atom is 0.128 e. The van der Waals surface area contributed by atoms with Gasteiger partial charge in [0.25, 0.3) is 0 Å². The van der Waals surface area contributed by atoms with E-state index < -0.39 is 0 Å². The summed E-state index contributed by atoms with van der Waals surface area (Å²) in [5.41, 5.74) is 1.69. The van der Waals surface area contributed by atoms with Gasteiger partial charge in [-0.05, 0) is 38.4 Å². The van der Waals surface area contributed by atoms with Crippen molar-refractivity contribution in [1.29, 1.82) is 0 Å². The van der Waals surface area contributed by atoms with E-state index in [1.165, 1.54) is 0 Å². The van der Waals surface area contributed by atoms with Crippen LogP contribution < -0.4 is 5.32 Å². The lowest BCUT2D eigenvalue weighted by atomic mass is 10.0. The molecular weight excluding hydrogens is 205 g/mol. The standard InChI is InChI=1S/C13H20FNO/c1-10-6-7-11(12(14)9-10)13(15-2)5-4-8-16-3/h6-7,9,13,15H,4-5,8H2,1-3H3. The third-order valence-corrected chi connectivity index (χ3v) is 2.72. The van der Waals surface area contributed by atoms with Crippen molar-refractivity contribution in [1.82, 2.24) is 5.32 Å². The van der Waals surface area contributed by atoms with E-state index in [0.29, 0.717) is 6.61 Å². The van der Waals surface area contributed by atoms with Crippen molar-refractivity contribution in [2.45, 2.75) is 25.8 Å². The van der Waals surface area contributed by atoms with Crippen LogP contribution in [0.25, 0.3) is 0 Å². The molecule has 0 amide bonds. The molecule has 0 heterocycles. The summed E-state index contributed by atoms with van der Waals surface area (Å²) in [5.74, 6) is -0.128. The molecule has 3 heteroatoms. The van der Waals surface area contributed by atoms with Gasteiger partial charge in [-0.15, -0.1) is 0 Å². The zero-order chi connectivity index (χ0) is 12.0. The van der Waals surface area contributed by atoms with Gasteiger partial charge in [0.2, 0.25) is 0 Å². The van der Waals surface area contributed by atoms with Gasteiger partial charge in [-0.25, -0.2) is 4.39 Å². The Labute approximate surface area is 96.8 Å². The van der Waals surface area contributed by atoms with E-state index in [-0.39, 0.29) is 11.9 Å². The highest BCUT2D eigenvalue weighted by Crippen LogP contribution is 2.22. The second-order valence-electron chi connectivity index (χ2n) is 4.00. The minimum absolute atomic E-state index is 0.0655. The van der Waals surface area contributed by atoms with E-state index >= 15 is 0 Å². The van der Waals surface area contributed by atoms with Gasteiger partial charge < -0.3 is 10.1 Å². The van der Waals surface area contributed by atoms with Crippen molar-refractivity contribution < 1.29 is 9.13 Å². The van der Waals surface area contributed by atoms with Crippen LogP contribution in [0.3, 0.4) is 0 Å². The highest BCUT2D eigenvalue weighted by atomic mass is 19.1. The van der Waals surface area contributed by atoms with E-state index in [1.807, 2.05) is 26.1 Å². The normalized spacial score (nSPS) is 12.8. The van der Waals surface area contributed by atoms with Crippen LogP contribution >= 0.6 is 0 Å². The molecule has 0 aliphatic heterocycles. The van der Waals surface area contributed by atoms with Gasteiger partial charge in [0.05, 0.1) is 0 Å². The Balaban J connectivity index is 2.70. The minimum Gasteiger partial charge on any atom is -0.385 e. The van der Waals surface area contributed by atoms with Crippen molar-refractivity contribution in [3.63, 3.8) is 0 Å². The summed E-state index contributed by atoms with van der Waals surface area (Å²) in [6.45, 7) is 2.61. The monoisotopic (exact) mass is 225 g/mol.